The highest BCUT2D eigenvalue weighted by atomic mass is 16.4. The number of aliphatic carboxylic acids is 1. The average Bonchev–Trinajstić information content (AvgIpc) is 3.26. The van der Waals surface area contributed by atoms with Crippen molar-refractivity contribution < 1.29 is 14.7 Å². The molecule has 0 spiro atoms. The second-order valence-electron chi connectivity index (χ2n) is 8.47. The highest BCUT2D eigenvalue weighted by Crippen LogP contribution is 2.43. The van der Waals surface area contributed by atoms with E-state index in [1.54, 1.807) is 11.1 Å². The van der Waals surface area contributed by atoms with Gasteiger partial charge in [-0.25, -0.2) is 0 Å². The van der Waals surface area contributed by atoms with Crippen LogP contribution in [0.3, 0.4) is 0 Å². The number of rotatable bonds is 6. The lowest BCUT2D eigenvalue weighted by Crippen LogP contribution is -2.30. The van der Waals surface area contributed by atoms with Gasteiger partial charge in [-0.05, 0) is 24.3 Å². The van der Waals surface area contributed by atoms with Gasteiger partial charge in [-0.3, -0.25) is 14.3 Å². The maximum absolute atomic E-state index is 13.3. The molecule has 2 aromatic rings. The van der Waals surface area contributed by atoms with Crippen molar-refractivity contribution in [3.8, 4) is 0 Å². The first-order valence-electron chi connectivity index (χ1n) is 10.1. The van der Waals surface area contributed by atoms with Gasteiger partial charge in [-0.1, -0.05) is 44.2 Å². The molecule has 6 nitrogen and oxygen atoms in total. The molecule has 2 aliphatic rings. The van der Waals surface area contributed by atoms with E-state index in [-0.39, 0.29) is 18.4 Å². The first-order chi connectivity index (χ1) is 13.5. The summed E-state index contributed by atoms with van der Waals surface area (Å²) in [5.74, 6) is -0.836. The van der Waals surface area contributed by atoms with Crippen LogP contribution in [-0.4, -0.2) is 44.8 Å². The van der Waals surface area contributed by atoms with Gasteiger partial charge in [0.15, 0.2) is 0 Å². The van der Waals surface area contributed by atoms with Gasteiger partial charge in [0.25, 0.3) is 5.91 Å². The van der Waals surface area contributed by atoms with E-state index in [0.29, 0.717) is 23.9 Å². The molecule has 0 bridgehead atoms. The SMILES string of the molecule is CC(C)Cn1ncc(C(=O)N2C[C@H](C(=O)O)[C@H](c3ccccc3)C2)c1C1CC1. The summed E-state index contributed by atoms with van der Waals surface area (Å²) in [5.41, 5.74) is 2.66. The van der Waals surface area contributed by atoms with Crippen LogP contribution in [0.4, 0.5) is 0 Å². The van der Waals surface area contributed by atoms with Crippen molar-refractivity contribution in [2.75, 3.05) is 13.1 Å². The Morgan fingerprint density at radius 1 is 1.18 bits per heavy atom. The summed E-state index contributed by atoms with van der Waals surface area (Å²) in [6.07, 6.45) is 3.87. The Balaban J connectivity index is 1.60. The number of carboxylic acid groups (broad SMARTS) is 1. The number of nitrogens with zero attached hydrogens (tertiary/aromatic N) is 3. The van der Waals surface area contributed by atoms with Crippen molar-refractivity contribution in [2.24, 2.45) is 11.8 Å². The number of amides is 1. The van der Waals surface area contributed by atoms with Gasteiger partial charge in [0.05, 0.1) is 23.4 Å². The minimum absolute atomic E-state index is 0.0819. The molecule has 2 heterocycles. The molecule has 1 aliphatic carbocycles. The zero-order valence-electron chi connectivity index (χ0n) is 16.4. The van der Waals surface area contributed by atoms with E-state index in [4.69, 9.17) is 0 Å². The number of benzene rings is 1. The fraction of sp³-hybridized carbons (Fsp3) is 0.500. The number of carbonyl (C=O) groups excluding carboxylic acids is 1. The normalized spacial score (nSPS) is 22.0. The molecule has 28 heavy (non-hydrogen) atoms. The van der Waals surface area contributed by atoms with Gasteiger partial charge < -0.3 is 10.0 Å². The fourth-order valence-electron chi connectivity index (χ4n) is 4.27. The first-order valence-corrected chi connectivity index (χ1v) is 10.1. The van der Waals surface area contributed by atoms with Crippen molar-refractivity contribution in [3.63, 3.8) is 0 Å². The number of carbonyl (C=O) groups is 2. The number of aromatic nitrogens is 2. The molecule has 0 unspecified atom stereocenters. The summed E-state index contributed by atoms with van der Waals surface area (Å²) in [7, 11) is 0. The van der Waals surface area contributed by atoms with Gasteiger partial charge >= 0.3 is 5.97 Å². The number of carboxylic acids is 1. The molecule has 6 heteroatoms. The highest BCUT2D eigenvalue weighted by molar-refractivity contribution is 5.96. The predicted octanol–water partition coefficient (Wildman–Crippen LogP) is 3.36. The van der Waals surface area contributed by atoms with Crippen LogP contribution < -0.4 is 0 Å². The molecule has 1 saturated heterocycles. The van der Waals surface area contributed by atoms with Crippen molar-refractivity contribution in [3.05, 3.63) is 53.3 Å². The number of hydrogen-bond acceptors (Lipinski definition) is 3. The average molecular weight is 381 g/mol. The van der Waals surface area contributed by atoms with Crippen LogP contribution in [0.5, 0.6) is 0 Å². The van der Waals surface area contributed by atoms with Crippen molar-refractivity contribution >= 4 is 11.9 Å². The quantitative estimate of drug-likeness (QED) is 0.833. The maximum Gasteiger partial charge on any atom is 0.308 e. The molecular formula is C22H27N3O3. The van der Waals surface area contributed by atoms with Crippen LogP contribution in [0.2, 0.25) is 0 Å². The lowest BCUT2D eigenvalue weighted by molar-refractivity contribution is -0.141. The summed E-state index contributed by atoms with van der Waals surface area (Å²) in [6.45, 7) is 5.75. The van der Waals surface area contributed by atoms with Crippen LogP contribution in [0.15, 0.2) is 36.5 Å². The van der Waals surface area contributed by atoms with Gasteiger partial charge in [0, 0.05) is 31.5 Å². The number of likely N-dealkylation sites (tertiary alicyclic amines) is 1. The Labute approximate surface area is 165 Å². The largest absolute Gasteiger partial charge is 0.481 e. The van der Waals surface area contributed by atoms with E-state index in [9.17, 15) is 14.7 Å². The smallest absolute Gasteiger partial charge is 0.308 e. The molecule has 4 rings (SSSR count). The van der Waals surface area contributed by atoms with Crippen LogP contribution in [0.1, 0.15) is 60.1 Å². The molecule has 1 amide bonds. The zero-order chi connectivity index (χ0) is 19.8. The Morgan fingerprint density at radius 3 is 2.50 bits per heavy atom. The monoisotopic (exact) mass is 381 g/mol. The Bertz CT molecular complexity index is 870. The Kier molecular flexibility index (Phi) is 4.96. The van der Waals surface area contributed by atoms with E-state index >= 15 is 0 Å². The molecule has 1 aliphatic heterocycles. The summed E-state index contributed by atoms with van der Waals surface area (Å²) < 4.78 is 1.98. The summed E-state index contributed by atoms with van der Waals surface area (Å²) in [6, 6.07) is 9.65. The van der Waals surface area contributed by atoms with E-state index in [0.717, 1.165) is 30.6 Å². The summed E-state index contributed by atoms with van der Waals surface area (Å²) >= 11 is 0. The molecule has 0 radical (unpaired) electrons. The minimum atomic E-state index is -0.845. The third kappa shape index (κ3) is 3.55. The first kappa shape index (κ1) is 18.7. The van der Waals surface area contributed by atoms with Crippen LogP contribution in [-0.2, 0) is 11.3 Å². The van der Waals surface area contributed by atoms with Gasteiger partial charge in [-0.2, -0.15) is 5.10 Å². The third-order valence-electron chi connectivity index (χ3n) is 5.76. The van der Waals surface area contributed by atoms with Crippen molar-refractivity contribution in [1.82, 2.24) is 14.7 Å². The summed E-state index contributed by atoms with van der Waals surface area (Å²) in [5, 5.41) is 14.2. The standard InChI is InChI=1S/C22H27N3O3/c1-14(2)11-25-20(16-8-9-16)17(10-23-25)21(26)24-12-18(19(13-24)22(27)28)15-6-4-3-5-7-15/h3-7,10,14,16,18-19H,8-9,11-13H2,1-2H3,(H,27,28)/t18-,19-/m0/s1. The molecule has 2 atom stereocenters. The lowest BCUT2D eigenvalue weighted by atomic mass is 9.89. The zero-order valence-corrected chi connectivity index (χ0v) is 16.4. The second kappa shape index (κ2) is 7.41. The minimum Gasteiger partial charge on any atom is -0.481 e. The van der Waals surface area contributed by atoms with Crippen LogP contribution in [0, 0.1) is 11.8 Å². The predicted molar refractivity (Wildman–Crippen MR) is 105 cm³/mol. The van der Waals surface area contributed by atoms with Gasteiger partial charge in [0.1, 0.15) is 0 Å². The molecular weight excluding hydrogens is 354 g/mol. The maximum atomic E-state index is 13.3. The van der Waals surface area contributed by atoms with Crippen LogP contribution in [0.25, 0.3) is 0 Å². The lowest BCUT2D eigenvalue weighted by Gasteiger charge is -2.17. The van der Waals surface area contributed by atoms with Gasteiger partial charge in [0.2, 0.25) is 0 Å². The Morgan fingerprint density at radius 2 is 1.89 bits per heavy atom. The topological polar surface area (TPSA) is 75.4 Å². The van der Waals surface area contributed by atoms with Crippen molar-refractivity contribution in [2.45, 2.75) is 45.1 Å². The number of hydrogen-bond donors (Lipinski definition) is 1. The second-order valence-corrected chi connectivity index (χ2v) is 8.47. The summed E-state index contributed by atoms with van der Waals surface area (Å²) in [4.78, 5) is 26.9. The van der Waals surface area contributed by atoms with E-state index < -0.39 is 11.9 Å². The van der Waals surface area contributed by atoms with Gasteiger partial charge in [-0.15, -0.1) is 0 Å². The Hall–Kier alpha value is -2.63. The molecule has 148 valence electrons. The molecule has 1 N–H and O–H groups in total. The highest BCUT2D eigenvalue weighted by Gasteiger charge is 2.42. The molecule has 2 fully saturated rings. The van der Waals surface area contributed by atoms with Crippen LogP contribution >= 0.6 is 0 Å². The van der Waals surface area contributed by atoms with E-state index in [1.807, 2.05) is 35.0 Å². The molecule has 1 saturated carbocycles. The third-order valence-corrected chi connectivity index (χ3v) is 5.76. The van der Waals surface area contributed by atoms with E-state index in [2.05, 4.69) is 18.9 Å². The molecule has 1 aromatic carbocycles. The van der Waals surface area contributed by atoms with Crippen molar-refractivity contribution in [1.29, 1.82) is 0 Å². The molecule has 1 aromatic heterocycles. The fourth-order valence-corrected chi connectivity index (χ4v) is 4.27. The van der Waals surface area contributed by atoms with E-state index in [1.165, 1.54) is 0 Å².